The van der Waals surface area contributed by atoms with Gasteiger partial charge >= 0.3 is 0 Å². The van der Waals surface area contributed by atoms with Crippen molar-refractivity contribution < 1.29 is 4.39 Å². The fourth-order valence-electron chi connectivity index (χ4n) is 5.63. The Morgan fingerprint density at radius 1 is 0.912 bits per heavy atom. The first-order valence-corrected chi connectivity index (χ1v) is 12.9. The molecule has 2 aromatic carbocycles. The largest absolute Gasteiger partial charge is 0.356 e. The summed E-state index contributed by atoms with van der Waals surface area (Å²) in [5.74, 6) is 1.13. The first kappa shape index (κ1) is 23.0. The molecule has 0 atom stereocenters. The highest BCUT2D eigenvalue weighted by atomic mass is 19.1. The molecule has 3 aliphatic rings. The van der Waals surface area contributed by atoms with E-state index in [2.05, 4.69) is 47.9 Å². The van der Waals surface area contributed by atoms with Crippen molar-refractivity contribution in [2.24, 2.45) is 4.99 Å². The Morgan fingerprint density at radius 3 is 2.47 bits per heavy atom. The number of piperidine rings is 2. The van der Waals surface area contributed by atoms with Crippen LogP contribution in [-0.2, 0) is 0 Å². The second-order valence-electron chi connectivity index (χ2n) is 10.0. The van der Waals surface area contributed by atoms with Crippen molar-refractivity contribution in [3.8, 4) is 0 Å². The standard InChI is InChI=1S/C30H36FN3/c1-22-6-5-7-26(20-22)30(24-9-11-28(31)12-10-24)25-13-17-33(18-14-25)19-15-27-21-34-16-4-3-8-29(34)32-23(27)2/h5-7,9-12,20H,3-4,8,13-19,21H2,1-2H3. The summed E-state index contributed by atoms with van der Waals surface area (Å²) in [6.07, 6.45) is 6.96. The molecule has 4 heteroatoms. The fourth-order valence-corrected chi connectivity index (χ4v) is 5.63. The number of hydrogen-bond donors (Lipinski definition) is 0. The predicted molar refractivity (Wildman–Crippen MR) is 139 cm³/mol. The molecule has 34 heavy (non-hydrogen) atoms. The lowest BCUT2D eigenvalue weighted by Crippen LogP contribution is -2.40. The highest BCUT2D eigenvalue weighted by Gasteiger charge is 2.24. The molecule has 0 radical (unpaired) electrons. The van der Waals surface area contributed by atoms with E-state index >= 15 is 0 Å². The van der Waals surface area contributed by atoms with Crippen LogP contribution in [0.3, 0.4) is 0 Å². The average molecular weight is 458 g/mol. The SMILES string of the molecule is CC1=C(CCN2CCC(=C(c3ccc(F)cc3)c3cccc(C)c3)CC2)CN2CCCCC2=N1. The van der Waals surface area contributed by atoms with Crippen LogP contribution in [0.2, 0.25) is 0 Å². The number of aryl methyl sites for hydroxylation is 1. The van der Waals surface area contributed by atoms with Gasteiger partial charge in [0.25, 0.3) is 0 Å². The number of rotatable bonds is 5. The molecule has 3 aliphatic heterocycles. The third kappa shape index (κ3) is 5.17. The van der Waals surface area contributed by atoms with Crippen molar-refractivity contribution in [2.75, 3.05) is 32.7 Å². The van der Waals surface area contributed by atoms with Crippen LogP contribution in [-0.4, -0.2) is 48.4 Å². The van der Waals surface area contributed by atoms with Crippen LogP contribution in [0.25, 0.3) is 5.57 Å². The number of nitrogens with zero attached hydrogens (tertiary/aromatic N) is 3. The monoisotopic (exact) mass is 457 g/mol. The van der Waals surface area contributed by atoms with Crippen molar-refractivity contribution in [1.82, 2.24) is 9.80 Å². The van der Waals surface area contributed by atoms with Gasteiger partial charge in [0.05, 0.1) is 0 Å². The zero-order chi connectivity index (χ0) is 23.5. The maximum Gasteiger partial charge on any atom is 0.123 e. The lowest BCUT2D eigenvalue weighted by molar-refractivity contribution is 0.256. The zero-order valence-electron chi connectivity index (χ0n) is 20.6. The van der Waals surface area contributed by atoms with E-state index in [9.17, 15) is 4.39 Å². The van der Waals surface area contributed by atoms with Gasteiger partial charge in [0.2, 0.25) is 0 Å². The number of halogens is 1. The normalized spacial score (nSPS) is 19.2. The minimum Gasteiger partial charge on any atom is -0.356 e. The van der Waals surface area contributed by atoms with E-state index in [1.54, 1.807) is 12.1 Å². The molecule has 0 spiro atoms. The molecular weight excluding hydrogens is 421 g/mol. The Bertz CT molecular complexity index is 1120. The van der Waals surface area contributed by atoms with Crippen LogP contribution in [0.1, 0.15) is 62.1 Å². The molecule has 0 unspecified atom stereocenters. The van der Waals surface area contributed by atoms with Crippen molar-refractivity contribution >= 4 is 11.4 Å². The molecule has 0 amide bonds. The Hall–Kier alpha value is -2.72. The van der Waals surface area contributed by atoms with E-state index < -0.39 is 0 Å². The van der Waals surface area contributed by atoms with E-state index in [0.717, 1.165) is 57.4 Å². The first-order chi connectivity index (χ1) is 16.6. The lowest BCUT2D eigenvalue weighted by atomic mass is 9.88. The first-order valence-electron chi connectivity index (χ1n) is 12.9. The van der Waals surface area contributed by atoms with Crippen molar-refractivity contribution in [2.45, 2.75) is 52.4 Å². The van der Waals surface area contributed by atoms with Crippen LogP contribution < -0.4 is 0 Å². The van der Waals surface area contributed by atoms with Gasteiger partial charge < -0.3 is 9.80 Å². The van der Waals surface area contributed by atoms with Crippen LogP contribution in [0, 0.1) is 12.7 Å². The molecule has 0 saturated carbocycles. The third-order valence-corrected chi connectivity index (χ3v) is 7.62. The van der Waals surface area contributed by atoms with E-state index in [1.807, 2.05) is 12.1 Å². The van der Waals surface area contributed by atoms with Gasteiger partial charge in [-0.05, 0) is 80.4 Å². The van der Waals surface area contributed by atoms with E-state index in [-0.39, 0.29) is 5.82 Å². The van der Waals surface area contributed by atoms with Gasteiger partial charge in [-0.25, -0.2) is 9.38 Å². The molecule has 2 saturated heterocycles. The molecule has 5 rings (SSSR count). The Morgan fingerprint density at radius 2 is 1.71 bits per heavy atom. The topological polar surface area (TPSA) is 18.8 Å². The second kappa shape index (κ2) is 10.3. The van der Waals surface area contributed by atoms with Gasteiger partial charge in [0.1, 0.15) is 11.7 Å². The molecule has 178 valence electrons. The number of allylic oxidation sites excluding steroid dienone is 1. The van der Waals surface area contributed by atoms with Crippen molar-refractivity contribution in [3.63, 3.8) is 0 Å². The summed E-state index contributed by atoms with van der Waals surface area (Å²) in [6, 6.07) is 15.7. The third-order valence-electron chi connectivity index (χ3n) is 7.62. The second-order valence-corrected chi connectivity index (χ2v) is 10.0. The molecule has 3 heterocycles. The Kier molecular flexibility index (Phi) is 6.96. The minimum atomic E-state index is -0.180. The lowest BCUT2D eigenvalue weighted by Gasteiger charge is -2.36. The predicted octanol–water partition coefficient (Wildman–Crippen LogP) is 6.59. The van der Waals surface area contributed by atoms with Gasteiger partial charge in [-0.1, -0.05) is 47.5 Å². The summed E-state index contributed by atoms with van der Waals surface area (Å²) in [6.45, 7) is 9.84. The Balaban J connectivity index is 1.29. The molecule has 2 fully saturated rings. The van der Waals surface area contributed by atoms with Gasteiger partial charge in [0.15, 0.2) is 0 Å². The number of likely N-dealkylation sites (tertiary alicyclic amines) is 1. The van der Waals surface area contributed by atoms with Crippen LogP contribution in [0.4, 0.5) is 4.39 Å². The highest BCUT2D eigenvalue weighted by Crippen LogP contribution is 2.33. The number of hydrogen-bond acceptors (Lipinski definition) is 3. The summed E-state index contributed by atoms with van der Waals surface area (Å²) in [7, 11) is 0. The molecule has 0 aromatic heterocycles. The van der Waals surface area contributed by atoms with Crippen LogP contribution in [0.5, 0.6) is 0 Å². The minimum absolute atomic E-state index is 0.180. The molecule has 3 nitrogen and oxygen atoms in total. The van der Waals surface area contributed by atoms with Crippen molar-refractivity contribution in [3.05, 3.63) is 87.9 Å². The molecule has 2 aromatic rings. The summed E-state index contributed by atoms with van der Waals surface area (Å²) in [5, 5.41) is 0. The molecule has 0 bridgehead atoms. The van der Waals surface area contributed by atoms with Crippen LogP contribution >= 0.6 is 0 Å². The quantitative estimate of drug-likeness (QED) is 0.504. The van der Waals surface area contributed by atoms with Gasteiger partial charge in [0, 0.05) is 44.8 Å². The number of fused-ring (bicyclic) bond motifs is 1. The molecular formula is C30H36FN3. The maximum absolute atomic E-state index is 13.6. The van der Waals surface area contributed by atoms with Gasteiger partial charge in [-0.15, -0.1) is 0 Å². The van der Waals surface area contributed by atoms with E-state index in [4.69, 9.17) is 4.99 Å². The summed E-state index contributed by atoms with van der Waals surface area (Å²) < 4.78 is 13.6. The molecule has 0 aliphatic carbocycles. The van der Waals surface area contributed by atoms with Gasteiger partial charge in [-0.3, -0.25) is 0 Å². The Labute approximate surface area is 203 Å². The summed E-state index contributed by atoms with van der Waals surface area (Å²) in [4.78, 5) is 10.0. The van der Waals surface area contributed by atoms with Crippen LogP contribution in [0.15, 0.2) is 70.4 Å². The molecule has 0 N–H and O–H groups in total. The number of benzene rings is 2. The number of amidine groups is 1. The van der Waals surface area contributed by atoms with E-state index in [0.29, 0.717) is 0 Å². The fraction of sp³-hybridized carbons (Fsp3) is 0.433. The zero-order valence-corrected chi connectivity index (χ0v) is 20.6. The van der Waals surface area contributed by atoms with Crippen molar-refractivity contribution in [1.29, 1.82) is 0 Å². The highest BCUT2D eigenvalue weighted by molar-refractivity contribution is 5.85. The number of aliphatic imine (C=N–C) groups is 1. The summed E-state index contributed by atoms with van der Waals surface area (Å²) >= 11 is 0. The smallest absolute Gasteiger partial charge is 0.123 e. The van der Waals surface area contributed by atoms with E-state index in [1.165, 1.54) is 58.8 Å². The maximum atomic E-state index is 13.6. The average Bonchev–Trinajstić information content (AvgIpc) is 2.85. The van der Waals surface area contributed by atoms with Gasteiger partial charge in [-0.2, -0.15) is 0 Å². The summed E-state index contributed by atoms with van der Waals surface area (Å²) in [5.41, 5.74) is 9.17.